The number of nitrogens with one attached hydrogen (secondary N) is 2. The summed E-state index contributed by atoms with van der Waals surface area (Å²) in [5.74, 6) is -0.199. The van der Waals surface area contributed by atoms with Crippen molar-refractivity contribution in [3.63, 3.8) is 0 Å². The first kappa shape index (κ1) is 17.2. The summed E-state index contributed by atoms with van der Waals surface area (Å²) in [5.41, 5.74) is 5.33. The minimum atomic E-state index is -0.199. The lowest BCUT2D eigenvalue weighted by Gasteiger charge is -2.10. The molecule has 1 amide bonds. The van der Waals surface area contributed by atoms with Crippen LogP contribution in [-0.2, 0) is 0 Å². The Morgan fingerprint density at radius 2 is 1.68 bits per heavy atom. The first-order valence-electron chi connectivity index (χ1n) is 7.87. The van der Waals surface area contributed by atoms with Gasteiger partial charge >= 0.3 is 0 Å². The molecule has 3 aromatic rings. The van der Waals surface area contributed by atoms with Gasteiger partial charge in [-0.15, -0.1) is 0 Å². The van der Waals surface area contributed by atoms with Crippen LogP contribution in [0, 0.1) is 13.8 Å². The van der Waals surface area contributed by atoms with Crippen LogP contribution in [0.2, 0.25) is 0 Å². The van der Waals surface area contributed by atoms with E-state index in [4.69, 9.17) is 0 Å². The van der Waals surface area contributed by atoms with Crippen LogP contribution in [0.15, 0.2) is 65.4 Å². The van der Waals surface area contributed by atoms with Gasteiger partial charge in [0.15, 0.2) is 0 Å². The number of benzene rings is 2. The molecule has 5 heteroatoms. The average Bonchev–Trinajstić information content (AvgIpc) is 2.54. The zero-order valence-corrected chi connectivity index (χ0v) is 15.6. The molecule has 0 aliphatic rings. The number of carbonyl (C=O) groups is 1. The number of aryl methyl sites for hydroxylation is 2. The molecule has 2 aromatic carbocycles. The Kier molecular flexibility index (Phi) is 5.14. The van der Waals surface area contributed by atoms with E-state index in [1.165, 1.54) is 11.1 Å². The molecule has 4 nitrogen and oxygen atoms in total. The molecule has 0 aliphatic carbocycles. The predicted octanol–water partition coefficient (Wildman–Crippen LogP) is 5.46. The lowest BCUT2D eigenvalue weighted by Crippen LogP contribution is -2.12. The van der Waals surface area contributed by atoms with Crippen molar-refractivity contribution in [2.24, 2.45) is 0 Å². The third kappa shape index (κ3) is 4.67. The van der Waals surface area contributed by atoms with Gasteiger partial charge in [-0.2, -0.15) is 0 Å². The number of aromatic nitrogens is 1. The summed E-state index contributed by atoms with van der Waals surface area (Å²) in [6.07, 6.45) is 3.26. The maximum atomic E-state index is 12.4. The van der Waals surface area contributed by atoms with Crippen molar-refractivity contribution in [1.29, 1.82) is 0 Å². The summed E-state index contributed by atoms with van der Waals surface area (Å²) < 4.78 is 0.911. The van der Waals surface area contributed by atoms with Gasteiger partial charge in [-0.1, -0.05) is 28.1 Å². The third-order valence-corrected chi connectivity index (χ3v) is 4.09. The normalized spacial score (nSPS) is 10.4. The van der Waals surface area contributed by atoms with Crippen LogP contribution < -0.4 is 10.6 Å². The molecular formula is C20H18BrN3O. The largest absolute Gasteiger partial charge is 0.354 e. The highest BCUT2D eigenvalue weighted by Gasteiger charge is 2.08. The Labute approximate surface area is 155 Å². The smallest absolute Gasteiger partial charge is 0.257 e. The van der Waals surface area contributed by atoms with Gasteiger partial charge in [0.05, 0.1) is 17.4 Å². The van der Waals surface area contributed by atoms with Crippen molar-refractivity contribution < 1.29 is 4.79 Å². The van der Waals surface area contributed by atoms with E-state index >= 15 is 0 Å². The average molecular weight is 396 g/mol. The van der Waals surface area contributed by atoms with Crippen LogP contribution in [0.3, 0.4) is 0 Å². The van der Waals surface area contributed by atoms with Crippen molar-refractivity contribution >= 4 is 38.9 Å². The van der Waals surface area contributed by atoms with E-state index in [1.54, 1.807) is 18.5 Å². The van der Waals surface area contributed by atoms with E-state index in [0.29, 0.717) is 5.56 Å². The highest BCUT2D eigenvalue weighted by Crippen LogP contribution is 2.21. The summed E-state index contributed by atoms with van der Waals surface area (Å²) in [5, 5.41) is 6.18. The van der Waals surface area contributed by atoms with Crippen molar-refractivity contribution in [2.75, 3.05) is 10.6 Å². The Bertz CT molecular complexity index is 904. The van der Waals surface area contributed by atoms with Crippen LogP contribution >= 0.6 is 15.9 Å². The second kappa shape index (κ2) is 7.49. The van der Waals surface area contributed by atoms with Gasteiger partial charge in [-0.3, -0.25) is 9.78 Å². The highest BCUT2D eigenvalue weighted by molar-refractivity contribution is 9.10. The Morgan fingerprint density at radius 3 is 2.40 bits per heavy atom. The number of pyridine rings is 1. The number of anilines is 3. The van der Waals surface area contributed by atoms with Gasteiger partial charge in [0.2, 0.25) is 0 Å². The van der Waals surface area contributed by atoms with E-state index in [2.05, 4.69) is 63.6 Å². The zero-order valence-electron chi connectivity index (χ0n) is 14.0. The maximum absolute atomic E-state index is 12.4. The van der Waals surface area contributed by atoms with Crippen molar-refractivity contribution in [1.82, 2.24) is 4.98 Å². The zero-order chi connectivity index (χ0) is 17.8. The molecule has 2 N–H and O–H groups in total. The van der Waals surface area contributed by atoms with Crippen molar-refractivity contribution in [2.45, 2.75) is 13.8 Å². The van der Waals surface area contributed by atoms with Crippen molar-refractivity contribution in [3.05, 3.63) is 82.1 Å². The van der Waals surface area contributed by atoms with E-state index in [-0.39, 0.29) is 5.91 Å². The molecule has 1 aromatic heterocycles. The second-order valence-corrected chi connectivity index (χ2v) is 6.84. The molecule has 0 radical (unpaired) electrons. The number of halogens is 1. The number of nitrogens with zero attached hydrogens (tertiary/aromatic N) is 1. The van der Waals surface area contributed by atoms with Gasteiger partial charge in [0.1, 0.15) is 0 Å². The number of rotatable bonds is 4. The molecule has 0 saturated heterocycles. The molecule has 1 heterocycles. The van der Waals surface area contributed by atoms with Gasteiger partial charge in [0.25, 0.3) is 5.91 Å². The fourth-order valence-electron chi connectivity index (χ4n) is 2.62. The first-order valence-corrected chi connectivity index (χ1v) is 8.66. The standard InChI is InChI=1S/C20H18BrN3O/c1-13-6-14(2)8-18(7-13)23-19-9-15(11-22-12-19)20(25)24-17-5-3-4-16(21)10-17/h3-12,23H,1-2H3,(H,24,25). The lowest BCUT2D eigenvalue weighted by atomic mass is 10.1. The minimum absolute atomic E-state index is 0.199. The van der Waals surface area contributed by atoms with Crippen LogP contribution in [-0.4, -0.2) is 10.9 Å². The topological polar surface area (TPSA) is 54.0 Å². The Hall–Kier alpha value is -2.66. The summed E-state index contributed by atoms with van der Waals surface area (Å²) in [4.78, 5) is 16.6. The van der Waals surface area contributed by atoms with Crippen LogP contribution in [0.1, 0.15) is 21.5 Å². The molecule has 0 saturated carbocycles. The fraction of sp³-hybridized carbons (Fsp3) is 0.100. The summed E-state index contributed by atoms with van der Waals surface area (Å²) >= 11 is 3.39. The fourth-order valence-corrected chi connectivity index (χ4v) is 3.01. The summed E-state index contributed by atoms with van der Waals surface area (Å²) in [6, 6.07) is 15.5. The molecular weight excluding hydrogens is 378 g/mol. The van der Waals surface area contributed by atoms with Gasteiger partial charge in [-0.05, 0) is 61.4 Å². The monoisotopic (exact) mass is 395 g/mol. The minimum Gasteiger partial charge on any atom is -0.354 e. The van der Waals surface area contributed by atoms with Gasteiger partial charge in [-0.25, -0.2) is 0 Å². The van der Waals surface area contributed by atoms with Gasteiger partial charge < -0.3 is 10.6 Å². The van der Waals surface area contributed by atoms with Gasteiger partial charge in [0, 0.05) is 22.0 Å². The Morgan fingerprint density at radius 1 is 0.920 bits per heavy atom. The predicted molar refractivity (Wildman–Crippen MR) is 106 cm³/mol. The van der Waals surface area contributed by atoms with Crippen LogP contribution in [0.25, 0.3) is 0 Å². The lowest BCUT2D eigenvalue weighted by molar-refractivity contribution is 0.102. The number of carbonyl (C=O) groups excluding carboxylic acids is 1. The molecule has 0 bridgehead atoms. The van der Waals surface area contributed by atoms with E-state index in [0.717, 1.165) is 21.5 Å². The van der Waals surface area contributed by atoms with Crippen molar-refractivity contribution in [3.8, 4) is 0 Å². The molecule has 3 rings (SSSR count). The number of hydrogen-bond donors (Lipinski definition) is 2. The van der Waals surface area contributed by atoms with E-state index in [9.17, 15) is 4.79 Å². The molecule has 0 atom stereocenters. The second-order valence-electron chi connectivity index (χ2n) is 5.93. The quantitative estimate of drug-likeness (QED) is 0.616. The molecule has 0 spiro atoms. The number of hydrogen-bond acceptors (Lipinski definition) is 3. The summed E-state index contributed by atoms with van der Waals surface area (Å²) in [6.45, 7) is 4.11. The molecule has 0 fully saturated rings. The molecule has 126 valence electrons. The van der Waals surface area contributed by atoms with Crippen LogP contribution in [0.5, 0.6) is 0 Å². The Balaban J connectivity index is 1.77. The van der Waals surface area contributed by atoms with Crippen LogP contribution in [0.4, 0.5) is 17.1 Å². The number of amides is 1. The highest BCUT2D eigenvalue weighted by atomic mass is 79.9. The molecule has 0 unspecified atom stereocenters. The van der Waals surface area contributed by atoms with E-state index in [1.807, 2.05) is 24.3 Å². The third-order valence-electron chi connectivity index (χ3n) is 3.59. The first-order chi connectivity index (χ1) is 12.0. The maximum Gasteiger partial charge on any atom is 0.257 e. The summed E-state index contributed by atoms with van der Waals surface area (Å²) in [7, 11) is 0. The van der Waals surface area contributed by atoms with E-state index < -0.39 is 0 Å². The SMILES string of the molecule is Cc1cc(C)cc(Nc2cncc(C(=O)Nc3cccc(Br)c3)c2)c1. The molecule has 0 aliphatic heterocycles. The molecule has 25 heavy (non-hydrogen) atoms.